The molecule has 2 rings (SSSR count). The van der Waals surface area contributed by atoms with Crippen LogP contribution in [0.4, 0.5) is 5.69 Å². The zero-order valence-corrected chi connectivity index (χ0v) is 17.0. The van der Waals surface area contributed by atoms with Gasteiger partial charge in [0.2, 0.25) is 15.9 Å². The largest absolute Gasteiger partial charge is 0.326 e. The summed E-state index contributed by atoms with van der Waals surface area (Å²) in [6.45, 7) is 4.21. The number of nitrogens with one attached hydrogen (secondary N) is 2. The molecule has 2 N–H and O–H groups in total. The van der Waals surface area contributed by atoms with Crippen molar-refractivity contribution in [3.8, 4) is 0 Å². The summed E-state index contributed by atoms with van der Waals surface area (Å²) in [5.41, 5.74) is 1.16. The quantitative estimate of drug-likeness (QED) is 0.594. The molecule has 0 aromatic heterocycles. The van der Waals surface area contributed by atoms with Crippen LogP contribution in [0.1, 0.15) is 43.5 Å². The molecule has 6 nitrogen and oxygen atoms in total. The lowest BCUT2D eigenvalue weighted by Gasteiger charge is -2.10. The average molecular weight is 403 g/mol. The number of Topliss-reactive ketones (excluding diaryl/α,β-unsaturated/α-hetero) is 1. The topological polar surface area (TPSA) is 92.3 Å². The number of ketones is 1. The van der Waals surface area contributed by atoms with Crippen LogP contribution in [0.5, 0.6) is 0 Å². The van der Waals surface area contributed by atoms with Gasteiger partial charge in [0.1, 0.15) is 0 Å². The molecule has 7 heteroatoms. The van der Waals surface area contributed by atoms with E-state index in [0.29, 0.717) is 30.6 Å². The zero-order valence-electron chi connectivity index (χ0n) is 16.1. The molecule has 0 spiro atoms. The van der Waals surface area contributed by atoms with E-state index in [1.165, 1.54) is 12.1 Å². The van der Waals surface area contributed by atoms with Crippen molar-refractivity contribution in [3.05, 3.63) is 60.2 Å². The van der Waals surface area contributed by atoms with E-state index in [4.69, 9.17) is 0 Å². The molecule has 0 bridgehead atoms. The summed E-state index contributed by atoms with van der Waals surface area (Å²) in [5, 5.41) is 2.72. The summed E-state index contributed by atoms with van der Waals surface area (Å²) in [4.78, 5) is 24.2. The predicted octanol–water partition coefficient (Wildman–Crippen LogP) is 3.61. The Bertz CT molecular complexity index is 892. The van der Waals surface area contributed by atoms with E-state index in [0.717, 1.165) is 0 Å². The highest BCUT2D eigenvalue weighted by Gasteiger charge is 2.14. The number of sulfonamides is 1. The Morgan fingerprint density at radius 2 is 1.57 bits per heavy atom. The Kier molecular flexibility index (Phi) is 7.90. The van der Waals surface area contributed by atoms with Crippen LogP contribution < -0.4 is 10.0 Å². The van der Waals surface area contributed by atoms with E-state index >= 15 is 0 Å². The standard InChI is InChI=1S/C21H26N2O4S/c1-16(2)15-22-28(26,27)19-13-11-18(12-14-19)23-21(25)10-6-9-20(24)17-7-4-3-5-8-17/h3-5,7-8,11-14,16,22H,6,9-10,15H2,1-2H3,(H,23,25). The first-order valence-corrected chi connectivity index (χ1v) is 10.7. The SMILES string of the molecule is CC(C)CNS(=O)(=O)c1ccc(NC(=O)CCCC(=O)c2ccccc2)cc1. The Hall–Kier alpha value is -2.51. The van der Waals surface area contributed by atoms with Crippen LogP contribution in [0.25, 0.3) is 0 Å². The van der Waals surface area contributed by atoms with Crippen LogP contribution in [0.15, 0.2) is 59.5 Å². The molecular weight excluding hydrogens is 376 g/mol. The van der Waals surface area contributed by atoms with Gasteiger partial charge in [-0.05, 0) is 36.6 Å². The van der Waals surface area contributed by atoms with Gasteiger partial charge in [0, 0.05) is 30.6 Å². The van der Waals surface area contributed by atoms with E-state index in [-0.39, 0.29) is 28.9 Å². The highest BCUT2D eigenvalue weighted by molar-refractivity contribution is 7.89. The fourth-order valence-corrected chi connectivity index (χ4v) is 3.69. The third-order valence-electron chi connectivity index (χ3n) is 4.03. The maximum absolute atomic E-state index is 12.2. The van der Waals surface area contributed by atoms with Crippen LogP contribution in [0.3, 0.4) is 0 Å². The van der Waals surface area contributed by atoms with Gasteiger partial charge in [-0.3, -0.25) is 9.59 Å². The number of rotatable bonds is 10. The maximum atomic E-state index is 12.2. The van der Waals surface area contributed by atoms with Crippen LogP contribution in [0, 0.1) is 5.92 Å². The number of amides is 1. The summed E-state index contributed by atoms with van der Waals surface area (Å²) in [5.74, 6) is 0.00775. The van der Waals surface area contributed by atoms with Crippen molar-refractivity contribution >= 4 is 27.4 Å². The fourth-order valence-electron chi connectivity index (χ4n) is 2.48. The van der Waals surface area contributed by atoms with Crippen LogP contribution in [-0.2, 0) is 14.8 Å². The first-order chi connectivity index (χ1) is 13.3. The van der Waals surface area contributed by atoms with E-state index in [9.17, 15) is 18.0 Å². The molecule has 0 saturated carbocycles. The molecule has 0 saturated heterocycles. The highest BCUT2D eigenvalue weighted by atomic mass is 32.2. The molecular formula is C21H26N2O4S. The minimum Gasteiger partial charge on any atom is -0.326 e. The lowest BCUT2D eigenvalue weighted by atomic mass is 10.1. The minimum absolute atomic E-state index is 0.0110. The molecule has 2 aromatic rings. The number of carbonyl (C=O) groups is 2. The van der Waals surface area contributed by atoms with Crippen LogP contribution in [0.2, 0.25) is 0 Å². The van der Waals surface area contributed by atoms with Crippen molar-refractivity contribution in [2.24, 2.45) is 5.92 Å². The predicted molar refractivity (Wildman–Crippen MR) is 110 cm³/mol. The molecule has 2 aromatic carbocycles. The molecule has 28 heavy (non-hydrogen) atoms. The lowest BCUT2D eigenvalue weighted by molar-refractivity contribution is -0.116. The third kappa shape index (κ3) is 6.90. The number of hydrogen-bond acceptors (Lipinski definition) is 4. The Balaban J connectivity index is 1.81. The van der Waals surface area contributed by atoms with Crippen molar-refractivity contribution in [3.63, 3.8) is 0 Å². The van der Waals surface area contributed by atoms with Crippen molar-refractivity contribution in [2.45, 2.75) is 38.0 Å². The first-order valence-electron chi connectivity index (χ1n) is 9.26. The van der Waals surface area contributed by atoms with Gasteiger partial charge < -0.3 is 5.32 Å². The Labute approximate surface area is 166 Å². The van der Waals surface area contributed by atoms with E-state index in [1.54, 1.807) is 24.3 Å². The molecule has 0 atom stereocenters. The van der Waals surface area contributed by atoms with Crippen molar-refractivity contribution < 1.29 is 18.0 Å². The Morgan fingerprint density at radius 3 is 2.18 bits per heavy atom. The number of hydrogen-bond donors (Lipinski definition) is 2. The van der Waals surface area contributed by atoms with Gasteiger partial charge in [-0.15, -0.1) is 0 Å². The summed E-state index contributed by atoms with van der Waals surface area (Å²) < 4.78 is 26.9. The molecule has 0 fully saturated rings. The summed E-state index contributed by atoms with van der Waals surface area (Å²) >= 11 is 0. The Morgan fingerprint density at radius 1 is 0.929 bits per heavy atom. The smallest absolute Gasteiger partial charge is 0.240 e. The van der Waals surface area contributed by atoms with E-state index in [1.807, 2.05) is 32.0 Å². The molecule has 0 aliphatic rings. The summed E-state index contributed by atoms with van der Waals surface area (Å²) in [7, 11) is -3.55. The monoisotopic (exact) mass is 402 g/mol. The molecule has 150 valence electrons. The number of benzene rings is 2. The fraction of sp³-hybridized carbons (Fsp3) is 0.333. The van der Waals surface area contributed by atoms with Crippen molar-refractivity contribution in [1.82, 2.24) is 4.72 Å². The minimum atomic E-state index is -3.55. The van der Waals surface area contributed by atoms with Crippen molar-refractivity contribution in [1.29, 1.82) is 0 Å². The maximum Gasteiger partial charge on any atom is 0.240 e. The van der Waals surface area contributed by atoms with Gasteiger partial charge in [0.05, 0.1) is 4.90 Å². The summed E-state index contributed by atoms with van der Waals surface area (Å²) in [6, 6.07) is 15.0. The van der Waals surface area contributed by atoms with Crippen LogP contribution in [-0.4, -0.2) is 26.7 Å². The van der Waals surface area contributed by atoms with Gasteiger partial charge in [-0.2, -0.15) is 0 Å². The number of anilines is 1. The molecule has 0 heterocycles. The average Bonchev–Trinajstić information content (AvgIpc) is 2.67. The van der Waals surface area contributed by atoms with Gasteiger partial charge in [0.25, 0.3) is 0 Å². The molecule has 0 aliphatic heterocycles. The van der Waals surface area contributed by atoms with Gasteiger partial charge >= 0.3 is 0 Å². The molecule has 1 amide bonds. The van der Waals surface area contributed by atoms with Crippen LogP contribution >= 0.6 is 0 Å². The highest BCUT2D eigenvalue weighted by Crippen LogP contribution is 2.15. The first kappa shape index (κ1) is 21.8. The van der Waals surface area contributed by atoms with Crippen molar-refractivity contribution in [2.75, 3.05) is 11.9 Å². The third-order valence-corrected chi connectivity index (χ3v) is 5.47. The normalized spacial score (nSPS) is 11.4. The van der Waals surface area contributed by atoms with Gasteiger partial charge in [-0.25, -0.2) is 13.1 Å². The van der Waals surface area contributed by atoms with Gasteiger partial charge in [0.15, 0.2) is 5.78 Å². The zero-order chi connectivity index (χ0) is 20.6. The summed E-state index contributed by atoms with van der Waals surface area (Å²) in [6.07, 6.45) is 0.968. The second-order valence-electron chi connectivity index (χ2n) is 6.96. The van der Waals surface area contributed by atoms with E-state index < -0.39 is 10.0 Å². The number of carbonyl (C=O) groups excluding carboxylic acids is 2. The second kappa shape index (κ2) is 10.1. The van der Waals surface area contributed by atoms with E-state index in [2.05, 4.69) is 10.0 Å². The van der Waals surface area contributed by atoms with Gasteiger partial charge in [-0.1, -0.05) is 44.2 Å². The second-order valence-corrected chi connectivity index (χ2v) is 8.73. The molecule has 0 radical (unpaired) electrons. The lowest BCUT2D eigenvalue weighted by Crippen LogP contribution is -2.27. The molecule has 0 unspecified atom stereocenters. The molecule has 0 aliphatic carbocycles.